The second-order valence-corrected chi connectivity index (χ2v) is 5.33. The summed E-state index contributed by atoms with van der Waals surface area (Å²) >= 11 is 0. The van der Waals surface area contributed by atoms with Gasteiger partial charge in [0, 0.05) is 6.42 Å². The van der Waals surface area contributed by atoms with Crippen LogP contribution in [0.25, 0.3) is 0 Å². The van der Waals surface area contributed by atoms with Crippen molar-refractivity contribution in [3.63, 3.8) is 0 Å². The zero-order valence-electron chi connectivity index (χ0n) is 11.8. The maximum atomic E-state index is 11.0. The fraction of sp³-hybridized carbons (Fsp3) is 0.750. The molecule has 0 amide bonds. The molecule has 5 N–H and O–H groups in total. The number of carbonyl (C=O) groups excluding carboxylic acids is 3. The standard InChI is InChI=1S/C12H20N2O8/c15-7(11(19)20)1-3-13-9(12(21)22)8(16)5-14-4-2-6(14)10(17)18/h6-9,13,15-16H,1-5H2,(H,17,18)(H,19,20)(H,21,22)/p-1/t6-,7-,8-,9-/m0/s1. The fourth-order valence-corrected chi connectivity index (χ4v) is 2.38. The van der Waals surface area contributed by atoms with Crippen molar-refractivity contribution in [2.24, 2.45) is 0 Å². The highest BCUT2D eigenvalue weighted by Crippen LogP contribution is 1.95. The third-order valence-electron chi connectivity index (χ3n) is 3.82. The average molecular weight is 319 g/mol. The van der Waals surface area contributed by atoms with Crippen LogP contribution < -0.4 is 25.5 Å². The third kappa shape index (κ3) is 4.91. The summed E-state index contributed by atoms with van der Waals surface area (Å²) in [5.74, 6) is -4.47. The molecule has 1 heterocycles. The first-order chi connectivity index (χ1) is 10.2. The molecule has 0 aromatic heterocycles. The first-order valence-electron chi connectivity index (χ1n) is 6.90. The van der Waals surface area contributed by atoms with Crippen LogP contribution in [0, 0.1) is 0 Å². The van der Waals surface area contributed by atoms with Gasteiger partial charge in [0.05, 0.1) is 37.6 Å². The van der Waals surface area contributed by atoms with E-state index in [0.717, 1.165) is 5.32 Å². The molecule has 1 fully saturated rings. The number of hydrogen-bond donors (Lipinski definition) is 4. The van der Waals surface area contributed by atoms with Crippen LogP contribution in [0.3, 0.4) is 0 Å². The summed E-state index contributed by atoms with van der Waals surface area (Å²) in [6.45, 7) is 0.305. The number of nitrogens with two attached hydrogens (primary N) is 1. The predicted molar refractivity (Wildman–Crippen MR) is 61.3 cm³/mol. The summed E-state index contributed by atoms with van der Waals surface area (Å²) in [5, 5.41) is 52.2. The van der Waals surface area contributed by atoms with E-state index in [1.807, 2.05) is 0 Å². The summed E-state index contributed by atoms with van der Waals surface area (Å²) < 4.78 is 0. The lowest BCUT2D eigenvalue weighted by Gasteiger charge is -2.39. The number of aliphatic hydroxyl groups is 2. The van der Waals surface area contributed by atoms with Crippen LogP contribution in [-0.2, 0) is 14.4 Å². The molecule has 22 heavy (non-hydrogen) atoms. The monoisotopic (exact) mass is 319 g/mol. The quantitative estimate of drug-likeness (QED) is 0.306. The molecular weight excluding hydrogens is 300 g/mol. The molecule has 1 rings (SSSR count). The molecule has 10 heteroatoms. The minimum atomic E-state index is -1.72. The summed E-state index contributed by atoms with van der Waals surface area (Å²) in [5.41, 5.74) is 0. The van der Waals surface area contributed by atoms with Gasteiger partial charge in [-0.05, 0) is 0 Å². The number of hydrogen-bond acceptors (Lipinski definition) is 8. The molecule has 5 atom stereocenters. The summed E-state index contributed by atoms with van der Waals surface area (Å²) in [6.07, 6.45) is -2.94. The second kappa shape index (κ2) is 8.03. The van der Waals surface area contributed by atoms with Gasteiger partial charge in [-0.3, -0.25) is 0 Å². The van der Waals surface area contributed by atoms with E-state index in [9.17, 15) is 34.8 Å². The zero-order chi connectivity index (χ0) is 16.9. The molecule has 0 spiro atoms. The van der Waals surface area contributed by atoms with Gasteiger partial charge in [-0.2, -0.15) is 0 Å². The molecule has 0 bridgehead atoms. The van der Waals surface area contributed by atoms with Crippen molar-refractivity contribution in [3.8, 4) is 0 Å². The SMILES string of the molecule is O=C([O-])[C@@H]([NH2+]CC[C@H](O)C(=O)[O-])[C@@H](O)C[NH+]1CC[C@H]1C(=O)[O-]. The molecule has 1 unspecified atom stereocenters. The summed E-state index contributed by atoms with van der Waals surface area (Å²) in [4.78, 5) is 32.6. The third-order valence-corrected chi connectivity index (χ3v) is 3.82. The van der Waals surface area contributed by atoms with Crippen LogP contribution in [0.4, 0.5) is 0 Å². The molecule has 0 aromatic rings. The number of aliphatic carboxylic acids is 3. The van der Waals surface area contributed by atoms with Gasteiger partial charge in [-0.1, -0.05) is 0 Å². The highest BCUT2D eigenvalue weighted by Gasteiger charge is 2.38. The Morgan fingerprint density at radius 3 is 2.23 bits per heavy atom. The summed E-state index contributed by atoms with van der Waals surface area (Å²) in [6, 6.07) is -2.15. The number of nitrogens with one attached hydrogen (secondary N) is 1. The van der Waals surface area contributed by atoms with Gasteiger partial charge in [-0.15, -0.1) is 0 Å². The number of carbonyl (C=O) groups is 3. The highest BCUT2D eigenvalue weighted by molar-refractivity contribution is 5.71. The molecule has 126 valence electrons. The smallest absolute Gasteiger partial charge is 0.160 e. The Bertz CT molecular complexity index is 429. The number of likely N-dealkylation sites (tertiary alicyclic amines) is 1. The van der Waals surface area contributed by atoms with Gasteiger partial charge in [-0.25, -0.2) is 0 Å². The number of carboxylic acids is 3. The molecule has 0 radical (unpaired) electrons. The van der Waals surface area contributed by atoms with Crippen molar-refractivity contribution in [3.05, 3.63) is 0 Å². The first kappa shape index (κ1) is 18.3. The van der Waals surface area contributed by atoms with E-state index in [0.29, 0.717) is 17.9 Å². The molecule has 0 aromatic carbocycles. The number of carboxylic acid groups (broad SMARTS) is 3. The van der Waals surface area contributed by atoms with Crippen LogP contribution >= 0.6 is 0 Å². The first-order valence-corrected chi connectivity index (χ1v) is 6.90. The van der Waals surface area contributed by atoms with Crippen molar-refractivity contribution in [1.29, 1.82) is 0 Å². The van der Waals surface area contributed by atoms with Gasteiger partial charge in [0.15, 0.2) is 12.1 Å². The van der Waals surface area contributed by atoms with Crippen LogP contribution in [-0.4, -0.2) is 72.0 Å². The van der Waals surface area contributed by atoms with E-state index < -0.39 is 42.2 Å². The van der Waals surface area contributed by atoms with Crippen LogP contribution in [0.2, 0.25) is 0 Å². The van der Waals surface area contributed by atoms with E-state index in [1.165, 1.54) is 0 Å². The van der Waals surface area contributed by atoms with E-state index in [1.54, 1.807) is 0 Å². The van der Waals surface area contributed by atoms with E-state index in [2.05, 4.69) is 0 Å². The van der Waals surface area contributed by atoms with E-state index >= 15 is 0 Å². The molecule has 1 aliphatic rings. The van der Waals surface area contributed by atoms with Crippen molar-refractivity contribution >= 4 is 17.9 Å². The predicted octanol–water partition coefficient (Wildman–Crippen LogP) is -9.06. The largest absolute Gasteiger partial charge is 0.547 e. The van der Waals surface area contributed by atoms with Gasteiger partial charge < -0.3 is 50.1 Å². The van der Waals surface area contributed by atoms with Gasteiger partial charge >= 0.3 is 0 Å². The van der Waals surface area contributed by atoms with Crippen LogP contribution in [0.15, 0.2) is 0 Å². The van der Waals surface area contributed by atoms with E-state index in [4.69, 9.17) is 5.11 Å². The normalized spacial score (nSPS) is 24.8. The molecule has 0 aliphatic carbocycles. The minimum Gasteiger partial charge on any atom is -0.547 e. The number of rotatable bonds is 10. The van der Waals surface area contributed by atoms with Crippen molar-refractivity contribution in [2.45, 2.75) is 37.1 Å². The number of quaternary nitrogens is 2. The Balaban J connectivity index is 2.46. The Labute approximate surface area is 126 Å². The minimum absolute atomic E-state index is 0.0793. The van der Waals surface area contributed by atoms with Crippen molar-refractivity contribution < 1.29 is 50.1 Å². The van der Waals surface area contributed by atoms with Gasteiger partial charge in [0.25, 0.3) is 0 Å². The maximum absolute atomic E-state index is 11.0. The van der Waals surface area contributed by atoms with Crippen molar-refractivity contribution in [1.82, 2.24) is 0 Å². The van der Waals surface area contributed by atoms with Gasteiger partial charge in [0.2, 0.25) is 0 Å². The molecule has 1 aliphatic heterocycles. The highest BCUT2D eigenvalue weighted by atomic mass is 16.4. The Hall–Kier alpha value is -1.75. The maximum Gasteiger partial charge on any atom is 0.160 e. The van der Waals surface area contributed by atoms with Gasteiger partial charge in [0.1, 0.15) is 18.6 Å². The van der Waals surface area contributed by atoms with Crippen LogP contribution in [0.1, 0.15) is 12.8 Å². The lowest BCUT2D eigenvalue weighted by atomic mass is 10.0. The Kier molecular flexibility index (Phi) is 6.68. The molecular formula is C12H19N2O8-. The van der Waals surface area contributed by atoms with Crippen molar-refractivity contribution in [2.75, 3.05) is 19.6 Å². The molecule has 10 nitrogen and oxygen atoms in total. The van der Waals surface area contributed by atoms with Crippen LogP contribution in [0.5, 0.6) is 0 Å². The zero-order valence-corrected chi connectivity index (χ0v) is 11.8. The fourth-order valence-electron chi connectivity index (χ4n) is 2.38. The second-order valence-electron chi connectivity index (χ2n) is 5.33. The average Bonchev–Trinajstić information content (AvgIpc) is 2.37. The Morgan fingerprint density at radius 1 is 1.18 bits per heavy atom. The summed E-state index contributed by atoms with van der Waals surface area (Å²) in [7, 11) is 0. The lowest BCUT2D eigenvalue weighted by molar-refractivity contribution is -0.963. The Morgan fingerprint density at radius 2 is 1.82 bits per heavy atom. The lowest BCUT2D eigenvalue weighted by Crippen LogP contribution is -3.24. The molecule has 1 saturated heterocycles. The topological polar surface area (TPSA) is 182 Å². The van der Waals surface area contributed by atoms with E-state index in [-0.39, 0.29) is 19.5 Å². The number of aliphatic hydroxyl groups excluding tert-OH is 2. The molecule has 0 saturated carbocycles.